The van der Waals surface area contributed by atoms with Crippen LogP contribution in [0.4, 0.5) is 0 Å². The van der Waals surface area contributed by atoms with E-state index in [0.29, 0.717) is 13.0 Å². The van der Waals surface area contributed by atoms with Crippen LogP contribution in [0.3, 0.4) is 0 Å². The largest absolute Gasteiger partial charge is 0.466 e. The molecule has 2 heteroatoms. The van der Waals surface area contributed by atoms with Crippen LogP contribution in [0, 0.1) is 6.90 Å². The van der Waals surface area contributed by atoms with E-state index in [9.17, 15) is 4.79 Å². The van der Waals surface area contributed by atoms with Gasteiger partial charge in [-0.2, -0.15) is 0 Å². The van der Waals surface area contributed by atoms with Crippen molar-refractivity contribution in [2.75, 3.05) is 6.61 Å². The zero-order valence-electron chi connectivity index (χ0n) is 8.75. The number of hydrogen-bond donors (Lipinski definition) is 0. The number of ether oxygens (including phenoxy) is 1. The van der Waals surface area contributed by atoms with Gasteiger partial charge in [-0.3, -0.25) is 4.79 Å². The number of benzene rings is 1. The third-order valence-corrected chi connectivity index (χ3v) is 1.80. The summed E-state index contributed by atoms with van der Waals surface area (Å²) in [5.74, 6) is -0.256. The zero-order chi connectivity index (χ0) is 10.4. The van der Waals surface area contributed by atoms with Crippen molar-refractivity contribution in [2.24, 2.45) is 0 Å². The highest BCUT2D eigenvalue weighted by Crippen LogP contribution is 2.07. The van der Waals surface area contributed by atoms with Crippen LogP contribution in [0.25, 0.3) is 0 Å². The lowest BCUT2D eigenvalue weighted by molar-refractivity contribution is -0.140. The summed E-state index contributed by atoms with van der Waals surface area (Å²) in [5.41, 5.74) is 2.09. The SMILES string of the molecule is [2H]Cc1ccccc1CCOC(C)=O. The van der Waals surface area contributed by atoms with Crippen LogP contribution in [0.1, 0.15) is 19.4 Å². The van der Waals surface area contributed by atoms with Crippen molar-refractivity contribution in [1.29, 1.82) is 0 Å². The molecule has 2 nitrogen and oxygen atoms in total. The molecule has 0 N–H and O–H groups in total. The minimum absolute atomic E-state index is 0.256. The standard InChI is InChI=1S/C11H14O2/c1-9-5-3-4-6-11(9)7-8-13-10(2)12/h3-6H,7-8H2,1-2H3/i1D. The van der Waals surface area contributed by atoms with Crippen LogP contribution in [-0.2, 0) is 16.0 Å². The number of carbonyl (C=O) groups is 1. The summed E-state index contributed by atoms with van der Waals surface area (Å²) in [6.07, 6.45) is 0.689. The van der Waals surface area contributed by atoms with Crippen molar-refractivity contribution in [3.05, 3.63) is 35.4 Å². The Hall–Kier alpha value is -1.31. The number of aryl methyl sites for hydroxylation is 1. The van der Waals surface area contributed by atoms with Crippen molar-refractivity contribution in [2.45, 2.75) is 20.2 Å². The molecular weight excluding hydrogens is 164 g/mol. The topological polar surface area (TPSA) is 26.3 Å². The van der Waals surface area contributed by atoms with E-state index in [0.717, 1.165) is 11.1 Å². The van der Waals surface area contributed by atoms with Crippen molar-refractivity contribution >= 4 is 5.97 Å². The third-order valence-electron chi connectivity index (χ3n) is 1.80. The molecule has 1 aromatic carbocycles. The lowest BCUT2D eigenvalue weighted by Crippen LogP contribution is -2.03. The molecule has 1 aromatic rings. The molecule has 0 unspecified atom stereocenters. The van der Waals surface area contributed by atoms with Crippen molar-refractivity contribution in [1.82, 2.24) is 0 Å². The van der Waals surface area contributed by atoms with E-state index in [4.69, 9.17) is 6.11 Å². The summed E-state index contributed by atoms with van der Waals surface area (Å²) in [6, 6.07) is 7.74. The fourth-order valence-corrected chi connectivity index (χ4v) is 1.11. The van der Waals surface area contributed by atoms with Crippen LogP contribution in [0.15, 0.2) is 24.3 Å². The van der Waals surface area contributed by atoms with E-state index in [1.807, 2.05) is 24.3 Å². The Morgan fingerprint density at radius 2 is 2.31 bits per heavy atom. The Kier molecular flexibility index (Phi) is 2.97. The summed E-state index contributed by atoms with van der Waals surface area (Å²) in [6.45, 7) is 2.07. The van der Waals surface area contributed by atoms with Gasteiger partial charge in [-0.25, -0.2) is 0 Å². The van der Waals surface area contributed by atoms with Gasteiger partial charge >= 0.3 is 5.97 Å². The molecule has 0 radical (unpaired) electrons. The summed E-state index contributed by atoms with van der Waals surface area (Å²) in [7, 11) is 0. The highest BCUT2D eigenvalue weighted by Gasteiger charge is 1.97. The number of esters is 1. The first-order valence-electron chi connectivity index (χ1n) is 4.94. The molecule has 70 valence electrons. The van der Waals surface area contributed by atoms with Crippen molar-refractivity contribution in [3.8, 4) is 0 Å². The molecular formula is C11H14O2. The molecule has 0 saturated heterocycles. The summed E-state index contributed by atoms with van der Waals surface area (Å²) >= 11 is 0. The number of hydrogen-bond acceptors (Lipinski definition) is 2. The molecule has 0 bridgehead atoms. The Labute approximate surface area is 79.9 Å². The molecule has 0 atom stereocenters. The monoisotopic (exact) mass is 179 g/mol. The molecule has 0 aliphatic carbocycles. The first-order chi connectivity index (χ1) is 6.74. The van der Waals surface area contributed by atoms with Crippen LogP contribution in [0.2, 0.25) is 0 Å². The predicted molar refractivity (Wildman–Crippen MR) is 51.5 cm³/mol. The van der Waals surface area contributed by atoms with Crippen LogP contribution < -0.4 is 0 Å². The van der Waals surface area contributed by atoms with E-state index in [1.54, 1.807) is 0 Å². The minimum Gasteiger partial charge on any atom is -0.466 e. The molecule has 0 heterocycles. The molecule has 0 amide bonds. The molecule has 0 aliphatic heterocycles. The van der Waals surface area contributed by atoms with E-state index in [2.05, 4.69) is 0 Å². The van der Waals surface area contributed by atoms with Crippen LogP contribution >= 0.6 is 0 Å². The fraction of sp³-hybridized carbons (Fsp3) is 0.364. The second-order valence-electron chi connectivity index (χ2n) is 2.86. The molecule has 0 aliphatic rings. The van der Waals surface area contributed by atoms with Gasteiger partial charge in [0.1, 0.15) is 0 Å². The second kappa shape index (κ2) is 4.65. The quantitative estimate of drug-likeness (QED) is 0.664. The fourth-order valence-electron chi connectivity index (χ4n) is 1.11. The Morgan fingerprint density at radius 1 is 1.54 bits per heavy atom. The van der Waals surface area contributed by atoms with Gasteiger partial charge in [-0.1, -0.05) is 24.3 Å². The highest BCUT2D eigenvalue weighted by molar-refractivity contribution is 5.65. The molecule has 0 spiro atoms. The summed E-state index contributed by atoms with van der Waals surface area (Å²) < 4.78 is 12.1. The lowest BCUT2D eigenvalue weighted by Gasteiger charge is -2.04. The normalized spacial score (nSPS) is 10.7. The van der Waals surface area contributed by atoms with Gasteiger partial charge in [-0.15, -0.1) is 0 Å². The van der Waals surface area contributed by atoms with E-state index in [1.165, 1.54) is 6.92 Å². The van der Waals surface area contributed by atoms with Gasteiger partial charge in [0.25, 0.3) is 0 Å². The van der Waals surface area contributed by atoms with Gasteiger partial charge < -0.3 is 4.74 Å². The van der Waals surface area contributed by atoms with E-state index >= 15 is 0 Å². The van der Waals surface area contributed by atoms with E-state index < -0.39 is 0 Å². The number of rotatable bonds is 3. The molecule has 0 fully saturated rings. The summed E-state index contributed by atoms with van der Waals surface area (Å²) in [4.78, 5) is 10.5. The first-order valence-corrected chi connectivity index (χ1v) is 4.23. The van der Waals surface area contributed by atoms with E-state index in [-0.39, 0.29) is 12.9 Å². The third kappa shape index (κ3) is 3.28. The Bertz CT molecular complexity index is 310. The van der Waals surface area contributed by atoms with Crippen LogP contribution in [0.5, 0.6) is 0 Å². The van der Waals surface area contributed by atoms with Crippen molar-refractivity contribution in [3.63, 3.8) is 0 Å². The Morgan fingerprint density at radius 3 is 3.00 bits per heavy atom. The van der Waals surface area contributed by atoms with Crippen LogP contribution in [-0.4, -0.2) is 12.6 Å². The maximum atomic E-state index is 10.5. The molecule has 0 saturated carbocycles. The molecule has 13 heavy (non-hydrogen) atoms. The average molecular weight is 179 g/mol. The van der Waals surface area contributed by atoms with Gasteiger partial charge in [0, 0.05) is 14.7 Å². The first kappa shape index (κ1) is 8.30. The minimum atomic E-state index is -0.256. The van der Waals surface area contributed by atoms with Crippen molar-refractivity contribution < 1.29 is 10.9 Å². The average Bonchev–Trinajstić information content (AvgIpc) is 2.18. The number of carbonyl (C=O) groups excluding carboxylic acids is 1. The second-order valence-corrected chi connectivity index (χ2v) is 2.86. The Balaban J connectivity index is 2.53. The smallest absolute Gasteiger partial charge is 0.302 e. The molecule has 1 rings (SSSR count). The predicted octanol–water partition coefficient (Wildman–Crippen LogP) is 2.10. The lowest BCUT2D eigenvalue weighted by atomic mass is 10.1. The van der Waals surface area contributed by atoms with Gasteiger partial charge in [-0.05, 0) is 18.0 Å². The summed E-state index contributed by atoms with van der Waals surface area (Å²) in [5, 5.41) is 0. The zero-order valence-corrected chi connectivity index (χ0v) is 7.75. The molecule has 0 aromatic heterocycles. The highest BCUT2D eigenvalue weighted by atomic mass is 16.5. The maximum absolute atomic E-state index is 10.5. The van der Waals surface area contributed by atoms with Gasteiger partial charge in [0.05, 0.1) is 6.61 Å². The maximum Gasteiger partial charge on any atom is 0.302 e. The van der Waals surface area contributed by atoms with Gasteiger partial charge in [0.2, 0.25) is 0 Å². The van der Waals surface area contributed by atoms with Gasteiger partial charge in [0.15, 0.2) is 0 Å².